The summed E-state index contributed by atoms with van der Waals surface area (Å²) >= 11 is 0. The monoisotopic (exact) mass is 453 g/mol. The Bertz CT molecular complexity index is 1100. The fourth-order valence-electron chi connectivity index (χ4n) is 2.95. The molecule has 0 unspecified atom stereocenters. The quantitative estimate of drug-likeness (QED) is 0.439. The maximum Gasteiger partial charge on any atom is 0.251 e. The molecule has 3 rings (SSSR count). The number of unbranched alkanes of at least 4 members (excludes halogenated alkanes) is 1. The third kappa shape index (κ3) is 7.42. The summed E-state index contributed by atoms with van der Waals surface area (Å²) in [4.78, 5) is 12.3. The second-order valence-corrected chi connectivity index (χ2v) is 9.37. The first kappa shape index (κ1) is 23.3. The van der Waals surface area contributed by atoms with E-state index in [-0.39, 0.29) is 10.8 Å². The summed E-state index contributed by atoms with van der Waals surface area (Å²) in [6.45, 7) is 1.58. The Morgan fingerprint density at radius 1 is 0.812 bits per heavy atom. The molecule has 0 aliphatic heterocycles. The van der Waals surface area contributed by atoms with Crippen LogP contribution in [0, 0.1) is 0 Å². The summed E-state index contributed by atoms with van der Waals surface area (Å²) in [7, 11) is -3.27. The van der Waals surface area contributed by atoms with Crippen molar-refractivity contribution < 1.29 is 22.7 Å². The fourth-order valence-corrected chi connectivity index (χ4v) is 3.58. The Kier molecular flexibility index (Phi) is 8.27. The van der Waals surface area contributed by atoms with Crippen molar-refractivity contribution in [3.05, 3.63) is 90.0 Å². The Labute approximate surface area is 189 Å². The minimum atomic E-state index is -3.27. The first-order valence-electron chi connectivity index (χ1n) is 10.4. The van der Waals surface area contributed by atoms with E-state index >= 15 is 0 Å². The molecule has 0 spiro atoms. The zero-order valence-corrected chi connectivity index (χ0v) is 18.8. The minimum Gasteiger partial charge on any atom is -0.494 e. The molecule has 0 heterocycles. The molecule has 0 radical (unpaired) electrons. The second-order valence-electron chi connectivity index (χ2n) is 7.35. The summed E-state index contributed by atoms with van der Waals surface area (Å²) in [5.41, 5.74) is 1.55. The SMILES string of the molecule is CS(=O)(=O)c1ccc(C(=O)NCCCCOc2ccc(OCc3ccccc3)cc2)cc1. The van der Waals surface area contributed by atoms with E-state index in [1.54, 1.807) is 0 Å². The first-order valence-corrected chi connectivity index (χ1v) is 12.3. The van der Waals surface area contributed by atoms with Crippen LogP contribution < -0.4 is 14.8 Å². The van der Waals surface area contributed by atoms with Crippen molar-refractivity contribution >= 4 is 15.7 Å². The van der Waals surface area contributed by atoms with Crippen LogP contribution in [0.25, 0.3) is 0 Å². The molecule has 0 aromatic heterocycles. The molecule has 1 amide bonds. The van der Waals surface area contributed by atoms with Crippen LogP contribution in [0.4, 0.5) is 0 Å². The summed E-state index contributed by atoms with van der Waals surface area (Å²) in [6.07, 6.45) is 2.70. The smallest absolute Gasteiger partial charge is 0.251 e. The van der Waals surface area contributed by atoms with Crippen molar-refractivity contribution in [3.8, 4) is 11.5 Å². The number of nitrogens with one attached hydrogen (secondary N) is 1. The number of hydrogen-bond acceptors (Lipinski definition) is 5. The van der Waals surface area contributed by atoms with Gasteiger partial charge in [-0.1, -0.05) is 30.3 Å². The highest BCUT2D eigenvalue weighted by atomic mass is 32.2. The summed E-state index contributed by atoms with van der Waals surface area (Å²) < 4.78 is 34.4. The van der Waals surface area contributed by atoms with Gasteiger partial charge in [0, 0.05) is 18.4 Å². The first-order chi connectivity index (χ1) is 15.4. The van der Waals surface area contributed by atoms with Gasteiger partial charge in [0.25, 0.3) is 5.91 Å². The molecule has 0 atom stereocenters. The van der Waals surface area contributed by atoms with E-state index in [1.807, 2.05) is 54.6 Å². The van der Waals surface area contributed by atoms with E-state index in [0.717, 1.165) is 36.2 Å². The average molecular weight is 454 g/mol. The standard InChI is InChI=1S/C25H27NO5S/c1-32(28,29)24-15-9-21(10-16-24)25(27)26-17-5-6-18-30-22-11-13-23(14-12-22)31-19-20-7-3-2-4-8-20/h2-4,7-16H,5-6,17-19H2,1H3,(H,26,27). The molecule has 0 saturated heterocycles. The number of sulfone groups is 1. The van der Waals surface area contributed by atoms with Gasteiger partial charge in [-0.15, -0.1) is 0 Å². The molecule has 3 aromatic rings. The summed E-state index contributed by atoms with van der Waals surface area (Å²) in [6, 6.07) is 23.4. The predicted molar refractivity (Wildman–Crippen MR) is 124 cm³/mol. The van der Waals surface area contributed by atoms with Crippen molar-refractivity contribution in [1.82, 2.24) is 5.32 Å². The van der Waals surface area contributed by atoms with Gasteiger partial charge >= 0.3 is 0 Å². The number of ether oxygens (including phenoxy) is 2. The highest BCUT2D eigenvalue weighted by Gasteiger charge is 2.09. The van der Waals surface area contributed by atoms with Gasteiger partial charge in [-0.2, -0.15) is 0 Å². The van der Waals surface area contributed by atoms with Crippen molar-refractivity contribution in [3.63, 3.8) is 0 Å². The van der Waals surface area contributed by atoms with Gasteiger partial charge in [-0.05, 0) is 66.9 Å². The van der Waals surface area contributed by atoms with Gasteiger partial charge in [0.05, 0.1) is 11.5 Å². The molecule has 7 heteroatoms. The summed E-state index contributed by atoms with van der Waals surface area (Å²) in [5.74, 6) is 1.33. The molecule has 1 N–H and O–H groups in total. The average Bonchev–Trinajstić information content (AvgIpc) is 2.81. The lowest BCUT2D eigenvalue weighted by molar-refractivity contribution is 0.0952. The Balaban J connectivity index is 1.31. The van der Waals surface area contributed by atoms with Crippen LogP contribution in [0.1, 0.15) is 28.8 Å². The normalized spacial score (nSPS) is 11.0. The number of amides is 1. The van der Waals surface area contributed by atoms with Crippen LogP contribution in [-0.4, -0.2) is 33.7 Å². The molecule has 6 nitrogen and oxygen atoms in total. The van der Waals surface area contributed by atoms with Crippen molar-refractivity contribution in [2.45, 2.75) is 24.3 Å². The molecular weight excluding hydrogens is 426 g/mol. The molecule has 0 fully saturated rings. The molecule has 0 aliphatic carbocycles. The number of carbonyl (C=O) groups is 1. The highest BCUT2D eigenvalue weighted by molar-refractivity contribution is 7.90. The maximum absolute atomic E-state index is 12.1. The van der Waals surface area contributed by atoms with Gasteiger partial charge in [0.1, 0.15) is 18.1 Å². The number of benzene rings is 3. The molecule has 0 saturated carbocycles. The fraction of sp³-hybridized carbons (Fsp3) is 0.240. The Hall–Kier alpha value is -3.32. The lowest BCUT2D eigenvalue weighted by atomic mass is 10.2. The van der Waals surface area contributed by atoms with Crippen LogP contribution in [-0.2, 0) is 16.4 Å². The van der Waals surface area contributed by atoms with Gasteiger partial charge in [0.2, 0.25) is 0 Å². The van der Waals surface area contributed by atoms with E-state index in [2.05, 4.69) is 5.32 Å². The van der Waals surface area contributed by atoms with Crippen molar-refractivity contribution in [2.75, 3.05) is 19.4 Å². The number of hydrogen-bond donors (Lipinski definition) is 1. The van der Waals surface area contributed by atoms with Crippen molar-refractivity contribution in [1.29, 1.82) is 0 Å². The van der Waals surface area contributed by atoms with Crippen LogP contribution in [0.5, 0.6) is 11.5 Å². The number of rotatable bonds is 11. The zero-order chi connectivity index (χ0) is 22.8. The van der Waals surface area contributed by atoms with Gasteiger partial charge < -0.3 is 14.8 Å². The van der Waals surface area contributed by atoms with E-state index < -0.39 is 9.84 Å². The molecule has 32 heavy (non-hydrogen) atoms. The van der Waals surface area contributed by atoms with Crippen LogP contribution in [0.3, 0.4) is 0 Å². The molecule has 3 aromatic carbocycles. The highest BCUT2D eigenvalue weighted by Crippen LogP contribution is 2.19. The minimum absolute atomic E-state index is 0.196. The molecule has 0 aliphatic rings. The van der Waals surface area contributed by atoms with E-state index in [0.29, 0.717) is 25.3 Å². The second kappa shape index (κ2) is 11.3. The Morgan fingerprint density at radius 2 is 1.44 bits per heavy atom. The van der Waals surface area contributed by atoms with E-state index in [1.165, 1.54) is 24.3 Å². The van der Waals surface area contributed by atoms with Gasteiger partial charge in [-0.3, -0.25) is 4.79 Å². The maximum atomic E-state index is 12.1. The van der Waals surface area contributed by atoms with Gasteiger partial charge in [-0.25, -0.2) is 8.42 Å². The summed E-state index contributed by atoms with van der Waals surface area (Å²) in [5, 5.41) is 2.83. The van der Waals surface area contributed by atoms with Crippen LogP contribution in [0.2, 0.25) is 0 Å². The topological polar surface area (TPSA) is 81.7 Å². The van der Waals surface area contributed by atoms with E-state index in [4.69, 9.17) is 9.47 Å². The largest absolute Gasteiger partial charge is 0.494 e. The van der Waals surface area contributed by atoms with Gasteiger partial charge in [0.15, 0.2) is 9.84 Å². The lowest BCUT2D eigenvalue weighted by Gasteiger charge is -2.09. The van der Waals surface area contributed by atoms with Crippen molar-refractivity contribution in [2.24, 2.45) is 0 Å². The lowest BCUT2D eigenvalue weighted by Crippen LogP contribution is -2.24. The Morgan fingerprint density at radius 3 is 2.06 bits per heavy atom. The third-order valence-electron chi connectivity index (χ3n) is 4.74. The van der Waals surface area contributed by atoms with E-state index in [9.17, 15) is 13.2 Å². The molecule has 168 valence electrons. The zero-order valence-electron chi connectivity index (χ0n) is 18.0. The molecule has 0 bridgehead atoms. The predicted octanol–water partition coefficient (Wildman–Crippen LogP) is 4.26. The van der Waals surface area contributed by atoms with Crippen LogP contribution >= 0.6 is 0 Å². The van der Waals surface area contributed by atoms with Crippen LogP contribution in [0.15, 0.2) is 83.8 Å². The molecular formula is C25H27NO5S. The number of carbonyl (C=O) groups excluding carboxylic acids is 1. The third-order valence-corrected chi connectivity index (χ3v) is 5.87.